The summed E-state index contributed by atoms with van der Waals surface area (Å²) in [4.78, 5) is 37.6. The predicted octanol–water partition coefficient (Wildman–Crippen LogP) is 0.286. The first kappa shape index (κ1) is 16.1. The number of nitrogens with one attached hydrogen (secondary N) is 1. The zero-order chi connectivity index (χ0) is 18.3. The molecule has 0 saturated carbocycles. The highest BCUT2D eigenvalue weighted by atomic mass is 16.5. The third-order valence-electron chi connectivity index (χ3n) is 4.35. The van der Waals surface area contributed by atoms with Crippen LogP contribution in [0.15, 0.2) is 29.1 Å². The Hall–Kier alpha value is -3.36. The van der Waals surface area contributed by atoms with E-state index in [4.69, 9.17) is 10.5 Å². The number of esters is 1. The molecular formula is C17H18N6O3. The first-order valence-corrected chi connectivity index (χ1v) is 8.22. The Bertz CT molecular complexity index is 1050. The molecule has 26 heavy (non-hydrogen) atoms. The summed E-state index contributed by atoms with van der Waals surface area (Å²) in [7, 11) is 1.78. The zero-order valence-electron chi connectivity index (χ0n) is 14.2. The number of rotatable bonds is 0. The highest BCUT2D eigenvalue weighted by molar-refractivity contribution is 5.83. The van der Waals surface area contributed by atoms with Gasteiger partial charge in [0.05, 0.1) is 19.5 Å². The van der Waals surface area contributed by atoms with Crippen LogP contribution in [-0.2, 0) is 22.5 Å². The molecule has 3 aromatic rings. The maximum atomic E-state index is 12.4. The molecule has 0 radical (unpaired) electrons. The Morgan fingerprint density at radius 2 is 2.04 bits per heavy atom. The number of cyclic esters (lactones) is 1. The lowest BCUT2D eigenvalue weighted by atomic mass is 10.1. The average molecular weight is 354 g/mol. The quantitative estimate of drug-likeness (QED) is 0.557. The summed E-state index contributed by atoms with van der Waals surface area (Å²) in [6, 6.07) is 7.49. The van der Waals surface area contributed by atoms with Gasteiger partial charge in [0.1, 0.15) is 12.1 Å². The number of H-pyrrole nitrogens is 1. The van der Waals surface area contributed by atoms with Crippen molar-refractivity contribution in [3.63, 3.8) is 0 Å². The van der Waals surface area contributed by atoms with Crippen molar-refractivity contribution < 1.29 is 9.53 Å². The summed E-state index contributed by atoms with van der Waals surface area (Å²) in [5, 5.41) is 0. The summed E-state index contributed by atoms with van der Waals surface area (Å²) in [5.74, 6) is 0.262. The van der Waals surface area contributed by atoms with E-state index in [1.165, 1.54) is 4.57 Å². The van der Waals surface area contributed by atoms with Crippen molar-refractivity contribution in [1.82, 2.24) is 19.5 Å². The summed E-state index contributed by atoms with van der Waals surface area (Å²) >= 11 is 0. The van der Waals surface area contributed by atoms with Gasteiger partial charge in [-0.2, -0.15) is 9.97 Å². The van der Waals surface area contributed by atoms with Gasteiger partial charge in [-0.15, -0.1) is 0 Å². The molecule has 4 bridgehead atoms. The molecule has 9 nitrogen and oxygen atoms in total. The maximum Gasteiger partial charge on any atom is 0.328 e. The van der Waals surface area contributed by atoms with Crippen molar-refractivity contribution >= 4 is 28.9 Å². The molecule has 2 aromatic heterocycles. The van der Waals surface area contributed by atoms with Gasteiger partial charge in [0.15, 0.2) is 11.5 Å². The van der Waals surface area contributed by atoms with Gasteiger partial charge in [0.2, 0.25) is 5.95 Å². The van der Waals surface area contributed by atoms with E-state index >= 15 is 0 Å². The van der Waals surface area contributed by atoms with Gasteiger partial charge in [-0.3, -0.25) is 9.36 Å². The van der Waals surface area contributed by atoms with Gasteiger partial charge in [0.25, 0.3) is 0 Å². The minimum absolute atomic E-state index is 0.184. The number of ether oxygens (including phenoxy) is 1. The molecule has 0 amide bonds. The van der Waals surface area contributed by atoms with E-state index in [0.29, 0.717) is 30.2 Å². The number of aromatic amines is 1. The SMILES string of the molecule is CN1CCOC(=O)Cc2cccc(c2)Cn2c(=O)[nH]c3c(N)nc1nc32. The van der Waals surface area contributed by atoms with Gasteiger partial charge in [0, 0.05) is 7.05 Å². The standard InChI is InChI=1S/C17H18N6O3/c1-22-5-6-26-12(24)8-10-3-2-4-11(7-10)9-23-15-13(19-17(23)25)14(18)20-16(22)21-15/h2-4,7H,5-6,8-9H2,1H3,(H,19,25)(H2,18,20,21). The molecule has 0 saturated heterocycles. The minimum atomic E-state index is -0.308. The van der Waals surface area contributed by atoms with E-state index < -0.39 is 0 Å². The van der Waals surface area contributed by atoms with Crippen molar-refractivity contribution in [2.45, 2.75) is 13.0 Å². The van der Waals surface area contributed by atoms with Crippen LogP contribution in [0.2, 0.25) is 0 Å². The molecular weight excluding hydrogens is 336 g/mol. The fraction of sp³-hybridized carbons (Fsp3) is 0.294. The number of benzene rings is 1. The van der Waals surface area contributed by atoms with Crippen LogP contribution in [0.4, 0.5) is 11.8 Å². The molecule has 4 rings (SSSR count). The number of fused-ring (bicyclic) bond motifs is 3. The van der Waals surface area contributed by atoms with Crippen LogP contribution in [0.1, 0.15) is 11.1 Å². The Balaban J connectivity index is 1.89. The van der Waals surface area contributed by atoms with E-state index in [2.05, 4.69) is 15.0 Å². The molecule has 0 unspecified atom stereocenters. The molecule has 0 spiro atoms. The van der Waals surface area contributed by atoms with Gasteiger partial charge in [-0.05, 0) is 11.1 Å². The number of nitrogens with zero attached hydrogens (tertiary/aromatic N) is 4. The fourth-order valence-corrected chi connectivity index (χ4v) is 2.99. The minimum Gasteiger partial charge on any atom is -0.464 e. The number of carbonyl (C=O) groups is 1. The molecule has 1 aliphatic rings. The van der Waals surface area contributed by atoms with Crippen molar-refractivity contribution in [2.75, 3.05) is 30.8 Å². The highest BCUT2D eigenvalue weighted by Gasteiger charge is 2.17. The van der Waals surface area contributed by atoms with Crippen LogP contribution in [0.25, 0.3) is 11.2 Å². The Morgan fingerprint density at radius 1 is 1.23 bits per heavy atom. The van der Waals surface area contributed by atoms with E-state index in [9.17, 15) is 9.59 Å². The Labute approximate surface area is 148 Å². The molecule has 0 atom stereocenters. The topological polar surface area (TPSA) is 119 Å². The Kier molecular flexibility index (Phi) is 3.83. The number of anilines is 2. The summed E-state index contributed by atoms with van der Waals surface area (Å²) in [6.07, 6.45) is 0.184. The number of carbonyl (C=O) groups excluding carboxylic acids is 1. The number of hydrogen-bond donors (Lipinski definition) is 2. The molecule has 3 N–H and O–H groups in total. The monoisotopic (exact) mass is 354 g/mol. The summed E-state index contributed by atoms with van der Waals surface area (Å²) in [6.45, 7) is 0.920. The lowest BCUT2D eigenvalue weighted by Crippen LogP contribution is -2.27. The van der Waals surface area contributed by atoms with Gasteiger partial charge in [-0.1, -0.05) is 24.3 Å². The predicted molar refractivity (Wildman–Crippen MR) is 96.0 cm³/mol. The van der Waals surface area contributed by atoms with Crippen molar-refractivity contribution in [2.24, 2.45) is 0 Å². The number of hydrogen-bond acceptors (Lipinski definition) is 7. The van der Waals surface area contributed by atoms with Crippen LogP contribution in [0, 0.1) is 0 Å². The van der Waals surface area contributed by atoms with Crippen molar-refractivity contribution in [3.05, 3.63) is 45.9 Å². The van der Waals surface area contributed by atoms with Crippen LogP contribution in [0.3, 0.4) is 0 Å². The number of nitrogen functional groups attached to an aromatic ring is 1. The maximum absolute atomic E-state index is 12.4. The Morgan fingerprint density at radius 3 is 2.88 bits per heavy atom. The first-order valence-electron chi connectivity index (χ1n) is 8.22. The molecule has 134 valence electrons. The molecule has 9 heteroatoms. The molecule has 1 aromatic carbocycles. The van der Waals surface area contributed by atoms with Crippen molar-refractivity contribution in [3.8, 4) is 0 Å². The molecule has 1 aliphatic heterocycles. The van der Waals surface area contributed by atoms with Crippen molar-refractivity contribution in [1.29, 1.82) is 0 Å². The zero-order valence-corrected chi connectivity index (χ0v) is 14.2. The van der Waals surface area contributed by atoms with Crippen LogP contribution in [0.5, 0.6) is 0 Å². The van der Waals surface area contributed by atoms with E-state index in [0.717, 1.165) is 11.1 Å². The molecule has 3 heterocycles. The molecule has 0 aliphatic carbocycles. The van der Waals surface area contributed by atoms with Crippen LogP contribution < -0.4 is 16.3 Å². The fourth-order valence-electron chi connectivity index (χ4n) is 2.99. The van der Waals surface area contributed by atoms with Gasteiger partial charge < -0.3 is 20.4 Å². The largest absolute Gasteiger partial charge is 0.464 e. The third-order valence-corrected chi connectivity index (χ3v) is 4.35. The highest BCUT2D eigenvalue weighted by Crippen LogP contribution is 2.19. The number of aromatic nitrogens is 4. The van der Waals surface area contributed by atoms with Gasteiger partial charge >= 0.3 is 11.7 Å². The summed E-state index contributed by atoms with van der Waals surface area (Å²) in [5.41, 5.74) is 8.28. The third kappa shape index (κ3) is 2.87. The number of imidazole rings is 1. The number of nitrogens with two attached hydrogens (primary N) is 1. The van der Waals surface area contributed by atoms with Crippen LogP contribution in [-0.4, -0.2) is 45.7 Å². The average Bonchev–Trinajstić information content (AvgIpc) is 2.91. The van der Waals surface area contributed by atoms with Gasteiger partial charge in [-0.25, -0.2) is 4.79 Å². The normalized spacial score (nSPS) is 15.1. The second-order valence-corrected chi connectivity index (χ2v) is 6.26. The number of likely N-dealkylation sites (N-methyl/N-ethyl adjacent to an activating group) is 1. The summed E-state index contributed by atoms with van der Waals surface area (Å²) < 4.78 is 6.81. The van der Waals surface area contributed by atoms with Crippen LogP contribution >= 0.6 is 0 Å². The first-order chi connectivity index (χ1) is 12.5. The van der Waals surface area contributed by atoms with E-state index in [1.54, 1.807) is 11.9 Å². The lowest BCUT2D eigenvalue weighted by Gasteiger charge is -2.18. The second-order valence-electron chi connectivity index (χ2n) is 6.26. The van der Waals surface area contributed by atoms with E-state index in [-0.39, 0.29) is 30.5 Å². The van der Waals surface area contributed by atoms with E-state index in [1.807, 2.05) is 24.3 Å². The second kappa shape index (κ2) is 6.17. The molecule has 0 fully saturated rings. The smallest absolute Gasteiger partial charge is 0.328 e. The lowest BCUT2D eigenvalue weighted by molar-refractivity contribution is -0.142.